The summed E-state index contributed by atoms with van der Waals surface area (Å²) in [4.78, 5) is 24.9. The second kappa shape index (κ2) is 6.54. The summed E-state index contributed by atoms with van der Waals surface area (Å²) in [6.07, 6.45) is 3.24. The molecule has 0 aliphatic heterocycles. The zero-order valence-electron chi connectivity index (χ0n) is 8.31. The molecule has 0 fully saturated rings. The van der Waals surface area contributed by atoms with Crippen LogP contribution in [0.25, 0.3) is 0 Å². The number of halogens is 1. The molecule has 16 heavy (non-hydrogen) atoms. The average Bonchev–Trinajstić information content (AvgIpc) is 2.66. The number of anilines is 1. The van der Waals surface area contributed by atoms with Gasteiger partial charge in [0.05, 0.1) is 4.92 Å². The van der Waals surface area contributed by atoms with Crippen molar-refractivity contribution >= 4 is 43.3 Å². The molecule has 0 aromatic carbocycles. The fourth-order valence-corrected chi connectivity index (χ4v) is 2.01. The van der Waals surface area contributed by atoms with Crippen LogP contribution in [0.5, 0.6) is 0 Å². The first-order valence-corrected chi connectivity index (χ1v) is 6.53. The van der Waals surface area contributed by atoms with Crippen molar-refractivity contribution in [3.8, 4) is 0 Å². The van der Waals surface area contributed by atoms with E-state index in [0.717, 1.165) is 35.7 Å². The maximum Gasteiger partial charge on any atom is 0.345 e. The van der Waals surface area contributed by atoms with Crippen LogP contribution in [0.2, 0.25) is 0 Å². The largest absolute Gasteiger partial charge is 0.345 e. The van der Waals surface area contributed by atoms with Gasteiger partial charge in [0.25, 0.3) is 0 Å². The van der Waals surface area contributed by atoms with Crippen molar-refractivity contribution in [2.45, 2.75) is 19.3 Å². The van der Waals surface area contributed by atoms with Crippen LogP contribution in [0.1, 0.15) is 19.3 Å². The highest BCUT2D eigenvalue weighted by Crippen LogP contribution is 2.24. The number of nitrogens with one attached hydrogen (secondary N) is 1. The number of rotatable bonds is 6. The molecule has 1 aromatic rings. The molecule has 0 saturated heterocycles. The number of nitro groups is 1. The predicted molar refractivity (Wildman–Crippen MR) is 65.0 cm³/mol. The molecule has 0 saturated carbocycles. The number of aromatic nitrogens is 1. The lowest BCUT2D eigenvalue weighted by molar-refractivity contribution is -0.380. The molecule has 1 heterocycles. The maximum absolute atomic E-state index is 11.3. The fraction of sp³-hybridized carbons (Fsp3) is 0.500. The molecular weight excluding hydrogens is 298 g/mol. The molecule has 1 rings (SSSR count). The highest BCUT2D eigenvalue weighted by molar-refractivity contribution is 9.09. The van der Waals surface area contributed by atoms with E-state index in [1.807, 2.05) is 0 Å². The van der Waals surface area contributed by atoms with Gasteiger partial charge in [0.15, 0.2) is 5.13 Å². The maximum atomic E-state index is 11.3. The molecule has 1 aromatic heterocycles. The Morgan fingerprint density at radius 3 is 2.94 bits per heavy atom. The van der Waals surface area contributed by atoms with Crippen LogP contribution >= 0.6 is 27.3 Å². The highest BCUT2D eigenvalue weighted by atomic mass is 79.9. The molecule has 88 valence electrons. The van der Waals surface area contributed by atoms with Crippen LogP contribution in [0.4, 0.5) is 10.1 Å². The third-order valence-corrected chi connectivity index (χ3v) is 3.13. The topological polar surface area (TPSA) is 85.1 Å². The average molecular weight is 308 g/mol. The van der Waals surface area contributed by atoms with E-state index < -0.39 is 4.92 Å². The number of nitrogens with zero attached hydrogens (tertiary/aromatic N) is 2. The molecule has 0 bridgehead atoms. The number of amides is 1. The van der Waals surface area contributed by atoms with Crippen LogP contribution < -0.4 is 5.32 Å². The Bertz CT molecular complexity index is 382. The van der Waals surface area contributed by atoms with E-state index in [2.05, 4.69) is 26.2 Å². The summed E-state index contributed by atoms with van der Waals surface area (Å²) in [5.74, 6) is -0.162. The number of carbonyl (C=O) groups excluding carboxylic acids is 1. The number of hydrogen-bond donors (Lipinski definition) is 1. The van der Waals surface area contributed by atoms with Crippen LogP contribution in [-0.2, 0) is 4.79 Å². The highest BCUT2D eigenvalue weighted by Gasteiger charge is 2.12. The van der Waals surface area contributed by atoms with Gasteiger partial charge < -0.3 is 5.32 Å². The van der Waals surface area contributed by atoms with Gasteiger partial charge in [-0.15, -0.1) is 0 Å². The number of thiazole rings is 1. The molecule has 1 N–H and O–H groups in total. The van der Waals surface area contributed by atoms with E-state index in [1.165, 1.54) is 0 Å². The minimum atomic E-state index is -0.530. The second-order valence-electron chi connectivity index (χ2n) is 2.96. The first-order valence-electron chi connectivity index (χ1n) is 4.59. The van der Waals surface area contributed by atoms with Crippen LogP contribution in [0, 0.1) is 10.1 Å². The third-order valence-electron chi connectivity index (χ3n) is 1.71. The summed E-state index contributed by atoms with van der Waals surface area (Å²) < 4.78 is 0. The number of hydrogen-bond acceptors (Lipinski definition) is 5. The Kier molecular flexibility index (Phi) is 5.33. The normalized spacial score (nSPS) is 10.1. The first-order chi connectivity index (χ1) is 7.63. The number of unbranched alkanes of at least 4 members (excludes halogenated alkanes) is 1. The van der Waals surface area contributed by atoms with Crippen molar-refractivity contribution in [3.63, 3.8) is 0 Å². The molecular formula is C8H10BrN3O3S. The second-order valence-corrected chi connectivity index (χ2v) is 4.76. The van der Waals surface area contributed by atoms with Gasteiger partial charge in [-0.25, -0.2) is 4.98 Å². The van der Waals surface area contributed by atoms with Crippen molar-refractivity contribution in [2.24, 2.45) is 0 Å². The fourth-order valence-electron chi connectivity index (χ4n) is 0.970. The van der Waals surface area contributed by atoms with E-state index in [1.54, 1.807) is 0 Å². The van der Waals surface area contributed by atoms with E-state index in [0.29, 0.717) is 6.42 Å². The summed E-state index contributed by atoms with van der Waals surface area (Å²) >= 11 is 4.13. The lowest BCUT2D eigenvalue weighted by Crippen LogP contribution is -2.10. The lowest BCUT2D eigenvalue weighted by atomic mass is 10.2. The summed E-state index contributed by atoms with van der Waals surface area (Å²) in [5, 5.41) is 14.0. The molecule has 0 atom stereocenters. The van der Waals surface area contributed by atoms with Crippen LogP contribution in [0.15, 0.2) is 6.20 Å². The van der Waals surface area contributed by atoms with Gasteiger partial charge in [0, 0.05) is 11.8 Å². The minimum absolute atomic E-state index is 0.0734. The SMILES string of the molecule is O=C(CCCCBr)Nc1ncc([N+](=O)[O-])s1. The quantitative estimate of drug-likeness (QED) is 0.379. The van der Waals surface area contributed by atoms with Crippen molar-refractivity contribution < 1.29 is 9.72 Å². The number of alkyl halides is 1. The van der Waals surface area contributed by atoms with E-state index in [9.17, 15) is 14.9 Å². The monoisotopic (exact) mass is 307 g/mol. The van der Waals surface area contributed by atoms with Gasteiger partial charge in [-0.3, -0.25) is 14.9 Å². The number of carbonyl (C=O) groups is 1. The zero-order chi connectivity index (χ0) is 12.0. The third kappa shape index (κ3) is 4.23. The Hall–Kier alpha value is -1.02. The van der Waals surface area contributed by atoms with E-state index in [-0.39, 0.29) is 16.0 Å². The van der Waals surface area contributed by atoms with Gasteiger partial charge in [-0.2, -0.15) is 0 Å². The molecule has 0 aliphatic rings. The smallest absolute Gasteiger partial charge is 0.302 e. The summed E-state index contributed by atoms with van der Waals surface area (Å²) in [7, 11) is 0. The Morgan fingerprint density at radius 1 is 1.62 bits per heavy atom. The molecule has 0 aliphatic carbocycles. The van der Waals surface area contributed by atoms with Crippen LogP contribution in [-0.4, -0.2) is 21.1 Å². The Balaban J connectivity index is 2.40. The summed E-state index contributed by atoms with van der Waals surface area (Å²) in [6.45, 7) is 0. The first kappa shape index (κ1) is 13.0. The molecule has 6 nitrogen and oxygen atoms in total. The van der Waals surface area contributed by atoms with Gasteiger partial charge in [-0.05, 0) is 24.2 Å². The van der Waals surface area contributed by atoms with Crippen molar-refractivity contribution in [2.75, 3.05) is 10.6 Å². The Morgan fingerprint density at radius 2 is 2.38 bits per heavy atom. The zero-order valence-corrected chi connectivity index (χ0v) is 10.7. The van der Waals surface area contributed by atoms with Gasteiger partial charge in [-0.1, -0.05) is 15.9 Å². The van der Waals surface area contributed by atoms with Gasteiger partial charge in [0.2, 0.25) is 5.91 Å². The van der Waals surface area contributed by atoms with Crippen molar-refractivity contribution in [3.05, 3.63) is 16.3 Å². The Labute approximate surface area is 104 Å². The van der Waals surface area contributed by atoms with Gasteiger partial charge >= 0.3 is 5.00 Å². The lowest BCUT2D eigenvalue weighted by Gasteiger charge is -1.99. The van der Waals surface area contributed by atoms with E-state index >= 15 is 0 Å². The van der Waals surface area contributed by atoms with Crippen molar-refractivity contribution in [1.29, 1.82) is 0 Å². The van der Waals surface area contributed by atoms with E-state index in [4.69, 9.17) is 0 Å². The van der Waals surface area contributed by atoms with Crippen molar-refractivity contribution in [1.82, 2.24) is 4.98 Å². The standard InChI is InChI=1S/C8H10BrN3O3S/c9-4-2-1-3-6(13)11-8-10-5-7(16-8)12(14)15/h5H,1-4H2,(H,10,11,13). The minimum Gasteiger partial charge on any atom is -0.302 e. The summed E-state index contributed by atoms with van der Waals surface area (Å²) in [6, 6.07) is 0. The van der Waals surface area contributed by atoms with Gasteiger partial charge in [0.1, 0.15) is 6.20 Å². The molecule has 0 unspecified atom stereocenters. The molecule has 0 radical (unpaired) electrons. The summed E-state index contributed by atoms with van der Waals surface area (Å²) in [5.41, 5.74) is 0. The molecule has 8 heteroatoms. The van der Waals surface area contributed by atoms with Crippen LogP contribution in [0.3, 0.4) is 0 Å². The molecule has 1 amide bonds. The predicted octanol–water partition coefficient (Wildman–Crippen LogP) is 2.56. The molecule has 0 spiro atoms.